The van der Waals surface area contributed by atoms with Gasteiger partial charge in [0.1, 0.15) is 0 Å². The van der Waals surface area contributed by atoms with E-state index in [1.807, 2.05) is 34.1 Å². The number of amides is 3. The fourth-order valence-electron chi connectivity index (χ4n) is 3.85. The lowest BCUT2D eigenvalue weighted by Gasteiger charge is -2.35. The fourth-order valence-corrected chi connectivity index (χ4v) is 3.85. The van der Waals surface area contributed by atoms with Crippen molar-refractivity contribution in [3.63, 3.8) is 0 Å². The van der Waals surface area contributed by atoms with E-state index < -0.39 is 0 Å². The van der Waals surface area contributed by atoms with Gasteiger partial charge in [-0.05, 0) is 18.1 Å². The van der Waals surface area contributed by atoms with Gasteiger partial charge in [0.2, 0.25) is 17.7 Å². The topological polar surface area (TPSA) is 73.0 Å². The third-order valence-corrected chi connectivity index (χ3v) is 5.47. The smallest absolute Gasteiger partial charge is 0.233 e. The van der Waals surface area contributed by atoms with Gasteiger partial charge in [0.25, 0.3) is 0 Å². The van der Waals surface area contributed by atoms with Crippen molar-refractivity contribution in [1.29, 1.82) is 0 Å². The van der Waals surface area contributed by atoms with Crippen LogP contribution in [-0.2, 0) is 20.8 Å². The van der Waals surface area contributed by atoms with E-state index in [1.54, 1.807) is 11.9 Å². The average Bonchev–Trinajstić information content (AvgIpc) is 3.09. The van der Waals surface area contributed by atoms with Crippen molar-refractivity contribution in [3.8, 4) is 0 Å². The molecule has 27 heavy (non-hydrogen) atoms. The number of aryl methyl sites for hydroxylation is 1. The molecule has 2 aliphatic rings. The third kappa shape index (κ3) is 4.30. The predicted octanol–water partition coefficient (Wildman–Crippen LogP) is 0.492. The van der Waals surface area contributed by atoms with Crippen molar-refractivity contribution < 1.29 is 14.4 Å². The number of likely N-dealkylation sites (N-methyl/N-ethyl adjacent to an activating group) is 1. The lowest BCUT2D eigenvalue weighted by Crippen LogP contribution is -2.52. The van der Waals surface area contributed by atoms with Crippen LogP contribution in [0.3, 0.4) is 0 Å². The number of rotatable bonds is 5. The van der Waals surface area contributed by atoms with Crippen molar-refractivity contribution in [2.45, 2.75) is 19.8 Å². The Kier molecular flexibility index (Phi) is 6.11. The summed E-state index contributed by atoms with van der Waals surface area (Å²) in [7, 11) is 1.63. The molecule has 0 bridgehead atoms. The van der Waals surface area contributed by atoms with E-state index in [-0.39, 0.29) is 30.1 Å². The number of anilines is 1. The highest BCUT2D eigenvalue weighted by molar-refractivity contribution is 6.00. The Hall–Kier alpha value is -2.41. The summed E-state index contributed by atoms with van der Waals surface area (Å²) >= 11 is 0. The normalized spacial score (nSPS) is 20.8. The number of hydrogen-bond acceptors (Lipinski definition) is 4. The summed E-state index contributed by atoms with van der Waals surface area (Å²) in [4.78, 5) is 42.6. The van der Waals surface area contributed by atoms with Crippen LogP contribution in [-0.4, -0.2) is 73.8 Å². The Bertz CT molecular complexity index is 713. The molecule has 0 saturated carbocycles. The van der Waals surface area contributed by atoms with Gasteiger partial charge in [-0.3, -0.25) is 19.3 Å². The van der Waals surface area contributed by atoms with Gasteiger partial charge in [-0.25, -0.2) is 0 Å². The Morgan fingerprint density at radius 2 is 1.85 bits per heavy atom. The summed E-state index contributed by atoms with van der Waals surface area (Å²) in [5.41, 5.74) is 2.05. The SMILES string of the molecule is CCc1ccccc1N1CC(C(=O)N2CCN(CC(=O)NC)CC2)CC1=O. The standard InChI is InChI=1S/C20H28N4O3/c1-3-15-6-4-5-7-17(15)24-13-16(12-19(24)26)20(27)23-10-8-22(9-11-23)14-18(25)21-2/h4-7,16H,3,8-14H2,1-2H3,(H,21,25). The zero-order valence-electron chi connectivity index (χ0n) is 16.1. The number of carbonyl (C=O) groups excluding carboxylic acids is 3. The zero-order valence-corrected chi connectivity index (χ0v) is 16.1. The molecule has 0 aliphatic carbocycles. The molecular weight excluding hydrogens is 344 g/mol. The molecular formula is C20H28N4O3. The average molecular weight is 372 g/mol. The van der Waals surface area contributed by atoms with Gasteiger partial charge in [0.05, 0.1) is 12.5 Å². The molecule has 2 saturated heterocycles. The minimum Gasteiger partial charge on any atom is -0.358 e. The maximum Gasteiger partial charge on any atom is 0.233 e. The highest BCUT2D eigenvalue weighted by Gasteiger charge is 2.38. The molecule has 2 fully saturated rings. The molecule has 0 radical (unpaired) electrons. The molecule has 7 nitrogen and oxygen atoms in total. The monoisotopic (exact) mass is 372 g/mol. The second kappa shape index (κ2) is 8.52. The molecule has 0 spiro atoms. The maximum atomic E-state index is 12.9. The summed E-state index contributed by atoms with van der Waals surface area (Å²) in [5.74, 6) is -0.221. The molecule has 0 aromatic heterocycles. The predicted molar refractivity (Wildman–Crippen MR) is 103 cm³/mol. The third-order valence-electron chi connectivity index (χ3n) is 5.47. The number of benzene rings is 1. The van der Waals surface area contributed by atoms with Gasteiger partial charge in [-0.1, -0.05) is 25.1 Å². The fraction of sp³-hybridized carbons (Fsp3) is 0.550. The van der Waals surface area contributed by atoms with E-state index in [0.717, 1.165) is 17.7 Å². The van der Waals surface area contributed by atoms with Crippen LogP contribution in [0.1, 0.15) is 18.9 Å². The van der Waals surface area contributed by atoms with Crippen LogP contribution in [0.4, 0.5) is 5.69 Å². The van der Waals surface area contributed by atoms with E-state index in [1.165, 1.54) is 0 Å². The van der Waals surface area contributed by atoms with Crippen LogP contribution in [0.15, 0.2) is 24.3 Å². The van der Waals surface area contributed by atoms with Crippen molar-refractivity contribution in [2.24, 2.45) is 5.92 Å². The van der Waals surface area contributed by atoms with Crippen molar-refractivity contribution in [1.82, 2.24) is 15.1 Å². The zero-order chi connectivity index (χ0) is 19.4. The quantitative estimate of drug-likeness (QED) is 0.817. The Morgan fingerprint density at radius 1 is 1.15 bits per heavy atom. The summed E-state index contributed by atoms with van der Waals surface area (Å²) in [6.45, 7) is 5.46. The number of piperazine rings is 1. The van der Waals surface area contributed by atoms with E-state index in [9.17, 15) is 14.4 Å². The Balaban J connectivity index is 1.59. The largest absolute Gasteiger partial charge is 0.358 e. The van der Waals surface area contributed by atoms with Crippen molar-refractivity contribution in [3.05, 3.63) is 29.8 Å². The van der Waals surface area contributed by atoms with Crippen LogP contribution < -0.4 is 10.2 Å². The highest BCUT2D eigenvalue weighted by Crippen LogP contribution is 2.29. The van der Waals surface area contributed by atoms with Crippen LogP contribution >= 0.6 is 0 Å². The Morgan fingerprint density at radius 3 is 2.52 bits per heavy atom. The van der Waals surface area contributed by atoms with Gasteiger partial charge < -0.3 is 15.1 Å². The summed E-state index contributed by atoms with van der Waals surface area (Å²) in [6.07, 6.45) is 1.13. The molecule has 7 heteroatoms. The number of hydrogen-bond donors (Lipinski definition) is 1. The number of para-hydroxylation sites is 1. The maximum absolute atomic E-state index is 12.9. The van der Waals surface area contributed by atoms with E-state index >= 15 is 0 Å². The molecule has 3 amide bonds. The summed E-state index contributed by atoms with van der Waals surface area (Å²) in [5, 5.41) is 2.62. The number of nitrogens with one attached hydrogen (secondary N) is 1. The van der Waals surface area contributed by atoms with Crippen molar-refractivity contribution in [2.75, 3.05) is 51.2 Å². The first-order valence-electron chi connectivity index (χ1n) is 9.63. The van der Waals surface area contributed by atoms with Crippen LogP contribution in [0.5, 0.6) is 0 Å². The molecule has 146 valence electrons. The summed E-state index contributed by atoms with van der Waals surface area (Å²) in [6, 6.07) is 7.90. The van der Waals surface area contributed by atoms with Gasteiger partial charge in [0.15, 0.2) is 0 Å². The van der Waals surface area contributed by atoms with Gasteiger partial charge in [-0.2, -0.15) is 0 Å². The van der Waals surface area contributed by atoms with Gasteiger partial charge in [-0.15, -0.1) is 0 Å². The molecule has 1 unspecified atom stereocenters. The van der Waals surface area contributed by atoms with Gasteiger partial charge >= 0.3 is 0 Å². The second-order valence-corrected chi connectivity index (χ2v) is 7.16. The lowest BCUT2D eigenvalue weighted by atomic mass is 10.1. The lowest BCUT2D eigenvalue weighted by molar-refractivity contribution is -0.137. The van der Waals surface area contributed by atoms with Gasteiger partial charge in [0, 0.05) is 51.9 Å². The molecule has 1 aromatic carbocycles. The molecule has 2 heterocycles. The van der Waals surface area contributed by atoms with Crippen LogP contribution in [0.2, 0.25) is 0 Å². The first-order chi connectivity index (χ1) is 13.0. The van der Waals surface area contributed by atoms with Crippen LogP contribution in [0.25, 0.3) is 0 Å². The first-order valence-corrected chi connectivity index (χ1v) is 9.63. The molecule has 2 aliphatic heterocycles. The molecule has 1 aromatic rings. The Labute approximate surface area is 160 Å². The minimum absolute atomic E-state index is 0.0126. The van der Waals surface area contributed by atoms with Crippen LogP contribution in [0, 0.1) is 5.92 Å². The molecule has 1 N–H and O–H groups in total. The molecule has 1 atom stereocenters. The highest BCUT2D eigenvalue weighted by atomic mass is 16.2. The minimum atomic E-state index is -0.284. The van der Waals surface area contributed by atoms with E-state index in [0.29, 0.717) is 39.3 Å². The summed E-state index contributed by atoms with van der Waals surface area (Å²) < 4.78 is 0. The van der Waals surface area contributed by atoms with E-state index in [2.05, 4.69) is 12.2 Å². The van der Waals surface area contributed by atoms with Crippen molar-refractivity contribution >= 4 is 23.4 Å². The number of carbonyl (C=O) groups is 3. The first kappa shape index (κ1) is 19.4. The molecule has 3 rings (SSSR count). The second-order valence-electron chi connectivity index (χ2n) is 7.16. The number of nitrogens with zero attached hydrogens (tertiary/aromatic N) is 3. The van der Waals surface area contributed by atoms with E-state index in [4.69, 9.17) is 0 Å².